The lowest BCUT2D eigenvalue weighted by Gasteiger charge is -2.25. The van der Waals surface area contributed by atoms with Crippen molar-refractivity contribution in [2.45, 2.75) is 12.5 Å². The smallest absolute Gasteiger partial charge is 0.253 e. The molecule has 3 heterocycles. The van der Waals surface area contributed by atoms with Gasteiger partial charge in [0.25, 0.3) is 5.91 Å². The molecule has 7 heteroatoms. The molecule has 26 heavy (non-hydrogen) atoms. The minimum atomic E-state index is -0.0663. The maximum Gasteiger partial charge on any atom is 0.253 e. The number of carbonyl (C=O) groups is 1. The number of benzene rings is 1. The summed E-state index contributed by atoms with van der Waals surface area (Å²) in [4.78, 5) is 28.5. The van der Waals surface area contributed by atoms with E-state index >= 15 is 0 Å². The van der Waals surface area contributed by atoms with Crippen LogP contribution >= 0.6 is 0 Å². The molecular weight excluding hydrogens is 328 g/mol. The molecule has 0 spiro atoms. The molecule has 2 aromatic heterocycles. The average Bonchev–Trinajstić information content (AvgIpc) is 3.36. The zero-order valence-electron chi connectivity index (χ0n) is 14.4. The van der Waals surface area contributed by atoms with Gasteiger partial charge >= 0.3 is 0 Å². The third-order valence-corrected chi connectivity index (χ3v) is 4.90. The van der Waals surface area contributed by atoms with Crippen molar-refractivity contribution in [3.05, 3.63) is 54.0 Å². The number of nitriles is 1. The number of carbonyl (C=O) groups excluding carboxylic acids is 1. The highest BCUT2D eigenvalue weighted by atomic mass is 16.2. The Morgan fingerprint density at radius 1 is 1.38 bits per heavy atom. The Morgan fingerprint density at radius 2 is 2.27 bits per heavy atom. The standard InChI is InChI=1S/C19H18N6O/c1-24(19(26)14-4-2-3-13(9-14)10-20)15-6-8-25(11-15)18-16-5-7-21-17(16)22-12-23-18/h2-5,7,9,12,15H,6,8,11H2,1H3,(H,21,22,23)/t15-/m1/s1. The number of rotatable bonds is 3. The van der Waals surface area contributed by atoms with Crippen LogP contribution in [0.3, 0.4) is 0 Å². The van der Waals surface area contributed by atoms with E-state index in [9.17, 15) is 4.79 Å². The van der Waals surface area contributed by atoms with Crippen LogP contribution in [0.25, 0.3) is 11.0 Å². The first-order chi connectivity index (χ1) is 12.7. The van der Waals surface area contributed by atoms with Crippen LogP contribution < -0.4 is 4.90 Å². The lowest BCUT2D eigenvalue weighted by Crippen LogP contribution is -2.39. The van der Waals surface area contributed by atoms with Gasteiger partial charge in [-0.3, -0.25) is 4.79 Å². The van der Waals surface area contributed by atoms with Crippen molar-refractivity contribution in [2.75, 3.05) is 25.0 Å². The fourth-order valence-corrected chi connectivity index (χ4v) is 3.45. The van der Waals surface area contributed by atoms with E-state index < -0.39 is 0 Å². The van der Waals surface area contributed by atoms with Gasteiger partial charge in [0.1, 0.15) is 17.8 Å². The van der Waals surface area contributed by atoms with Gasteiger partial charge in [-0.05, 0) is 30.7 Å². The van der Waals surface area contributed by atoms with Gasteiger partial charge in [0.05, 0.1) is 23.1 Å². The number of fused-ring (bicyclic) bond motifs is 1. The van der Waals surface area contributed by atoms with E-state index in [1.54, 1.807) is 35.5 Å². The van der Waals surface area contributed by atoms with Crippen molar-refractivity contribution in [2.24, 2.45) is 0 Å². The Hall–Kier alpha value is -3.40. The summed E-state index contributed by atoms with van der Waals surface area (Å²) in [7, 11) is 1.82. The van der Waals surface area contributed by atoms with Crippen LogP contribution in [-0.4, -0.2) is 51.9 Å². The first kappa shape index (κ1) is 16.1. The summed E-state index contributed by atoms with van der Waals surface area (Å²) in [5.74, 6) is 0.828. The van der Waals surface area contributed by atoms with Crippen LogP contribution in [0.5, 0.6) is 0 Å². The molecule has 1 atom stereocenters. The molecule has 0 aliphatic carbocycles. The normalized spacial score (nSPS) is 16.6. The van der Waals surface area contributed by atoms with Gasteiger partial charge in [0, 0.05) is 31.9 Å². The highest BCUT2D eigenvalue weighted by molar-refractivity contribution is 5.94. The monoisotopic (exact) mass is 346 g/mol. The Morgan fingerprint density at radius 3 is 3.12 bits per heavy atom. The van der Waals surface area contributed by atoms with Crippen LogP contribution in [0.1, 0.15) is 22.3 Å². The summed E-state index contributed by atoms with van der Waals surface area (Å²) in [6, 6.07) is 11.0. The number of likely N-dealkylation sites (N-methyl/N-ethyl adjacent to an activating group) is 1. The molecule has 0 bridgehead atoms. The van der Waals surface area contributed by atoms with Crippen LogP contribution in [0.2, 0.25) is 0 Å². The van der Waals surface area contributed by atoms with E-state index in [1.807, 2.05) is 19.3 Å². The van der Waals surface area contributed by atoms with Crippen LogP contribution in [0, 0.1) is 11.3 Å². The Bertz CT molecular complexity index is 1000. The zero-order chi connectivity index (χ0) is 18.1. The summed E-state index contributed by atoms with van der Waals surface area (Å²) >= 11 is 0. The summed E-state index contributed by atoms with van der Waals surface area (Å²) in [6.07, 6.45) is 4.29. The number of H-pyrrole nitrogens is 1. The number of nitrogens with one attached hydrogen (secondary N) is 1. The molecule has 3 aromatic rings. The van der Waals surface area contributed by atoms with Crippen LogP contribution in [0.4, 0.5) is 5.82 Å². The number of anilines is 1. The first-order valence-corrected chi connectivity index (χ1v) is 8.47. The lowest BCUT2D eigenvalue weighted by molar-refractivity contribution is 0.0745. The molecular formula is C19H18N6O. The number of hydrogen-bond acceptors (Lipinski definition) is 5. The second-order valence-corrected chi connectivity index (χ2v) is 6.43. The van der Waals surface area contributed by atoms with Crippen molar-refractivity contribution in [1.82, 2.24) is 19.9 Å². The molecule has 1 N–H and O–H groups in total. The maximum atomic E-state index is 12.8. The number of nitrogens with zero attached hydrogens (tertiary/aromatic N) is 5. The molecule has 1 aromatic carbocycles. The fourth-order valence-electron chi connectivity index (χ4n) is 3.45. The van der Waals surface area contributed by atoms with E-state index in [-0.39, 0.29) is 11.9 Å². The molecule has 0 radical (unpaired) electrons. The number of hydrogen-bond donors (Lipinski definition) is 1. The molecule has 7 nitrogen and oxygen atoms in total. The third-order valence-electron chi connectivity index (χ3n) is 4.90. The molecule has 1 aliphatic rings. The van der Waals surface area contributed by atoms with Gasteiger partial charge in [-0.25, -0.2) is 9.97 Å². The van der Waals surface area contributed by atoms with E-state index in [0.717, 1.165) is 36.4 Å². The summed E-state index contributed by atoms with van der Waals surface area (Å²) in [6.45, 7) is 1.55. The SMILES string of the molecule is CN(C(=O)c1cccc(C#N)c1)[C@@H]1CCN(c2ncnc3[nH]ccc23)C1. The maximum absolute atomic E-state index is 12.8. The topological polar surface area (TPSA) is 88.9 Å². The second kappa shape index (κ2) is 6.48. The quantitative estimate of drug-likeness (QED) is 0.785. The van der Waals surface area contributed by atoms with Gasteiger partial charge in [0.2, 0.25) is 0 Å². The number of aromatic amines is 1. The first-order valence-electron chi connectivity index (χ1n) is 8.47. The molecule has 1 aliphatic heterocycles. The van der Waals surface area contributed by atoms with Crippen LogP contribution in [-0.2, 0) is 0 Å². The molecule has 1 fully saturated rings. The second-order valence-electron chi connectivity index (χ2n) is 6.43. The number of amides is 1. The zero-order valence-corrected chi connectivity index (χ0v) is 14.4. The highest BCUT2D eigenvalue weighted by Crippen LogP contribution is 2.27. The third kappa shape index (κ3) is 2.75. The number of aromatic nitrogens is 3. The Labute approximate surface area is 150 Å². The predicted molar refractivity (Wildman–Crippen MR) is 97.8 cm³/mol. The largest absolute Gasteiger partial charge is 0.354 e. The predicted octanol–water partition coefficient (Wildman–Crippen LogP) is 2.18. The van der Waals surface area contributed by atoms with Crippen molar-refractivity contribution < 1.29 is 4.79 Å². The highest BCUT2D eigenvalue weighted by Gasteiger charge is 2.30. The average molecular weight is 346 g/mol. The van der Waals surface area contributed by atoms with Crippen molar-refractivity contribution in [3.8, 4) is 6.07 Å². The van der Waals surface area contributed by atoms with Gasteiger partial charge < -0.3 is 14.8 Å². The van der Waals surface area contributed by atoms with E-state index in [2.05, 4.69) is 25.9 Å². The van der Waals surface area contributed by atoms with Crippen molar-refractivity contribution >= 4 is 22.8 Å². The van der Waals surface area contributed by atoms with Gasteiger partial charge in [-0.15, -0.1) is 0 Å². The van der Waals surface area contributed by atoms with E-state index in [4.69, 9.17) is 5.26 Å². The Balaban J connectivity index is 1.52. The van der Waals surface area contributed by atoms with Gasteiger partial charge in [0.15, 0.2) is 0 Å². The van der Waals surface area contributed by atoms with E-state index in [0.29, 0.717) is 11.1 Å². The molecule has 1 saturated heterocycles. The molecule has 130 valence electrons. The molecule has 0 saturated carbocycles. The van der Waals surface area contributed by atoms with Crippen LogP contribution in [0.15, 0.2) is 42.9 Å². The lowest BCUT2D eigenvalue weighted by atomic mass is 10.1. The summed E-state index contributed by atoms with van der Waals surface area (Å²) in [5.41, 5.74) is 1.85. The summed E-state index contributed by atoms with van der Waals surface area (Å²) < 4.78 is 0. The fraction of sp³-hybridized carbons (Fsp3) is 0.263. The van der Waals surface area contributed by atoms with Crippen molar-refractivity contribution in [3.63, 3.8) is 0 Å². The molecule has 0 unspecified atom stereocenters. The van der Waals surface area contributed by atoms with E-state index in [1.165, 1.54) is 0 Å². The molecule has 1 amide bonds. The van der Waals surface area contributed by atoms with Gasteiger partial charge in [-0.2, -0.15) is 5.26 Å². The minimum Gasteiger partial charge on any atom is -0.354 e. The van der Waals surface area contributed by atoms with Gasteiger partial charge in [-0.1, -0.05) is 6.07 Å². The Kier molecular flexibility index (Phi) is 4.01. The van der Waals surface area contributed by atoms with Crippen molar-refractivity contribution in [1.29, 1.82) is 5.26 Å². The minimum absolute atomic E-state index is 0.0663. The summed E-state index contributed by atoms with van der Waals surface area (Å²) in [5, 5.41) is 10.0. The molecule has 4 rings (SSSR count).